The molecule has 0 aliphatic carbocycles. The van der Waals surface area contributed by atoms with E-state index >= 15 is 0 Å². The predicted molar refractivity (Wildman–Crippen MR) is 132 cm³/mol. The number of ether oxygens (including phenoxy) is 1. The first-order valence-corrected chi connectivity index (χ1v) is 12.0. The molecule has 1 aromatic heterocycles. The molecule has 3 aromatic carbocycles. The lowest BCUT2D eigenvalue weighted by molar-refractivity contribution is -0.121. The van der Waals surface area contributed by atoms with Gasteiger partial charge in [0.15, 0.2) is 6.61 Å². The molecule has 0 N–H and O–H groups in total. The third kappa shape index (κ3) is 3.77. The normalized spacial score (nSPS) is 14.7. The highest BCUT2D eigenvalue weighted by molar-refractivity contribution is 7.10. The lowest BCUT2D eigenvalue weighted by atomic mass is 10.1. The number of aromatic nitrogens is 1. The number of thiazole rings is 1. The standard InChI is InChI=1S/C27H19N3O4S/c31-25-14-34-23-11-10-18(21-15-35-24(28-21)12-17-6-2-1-3-7-17)13-22(23)29(25)16-30-26(32)19-8-4-5-9-20(19)27(30)33/h1-11,13,15H,12,14,16H2. The van der Waals surface area contributed by atoms with E-state index in [-0.39, 0.29) is 19.2 Å². The van der Waals surface area contributed by atoms with E-state index in [9.17, 15) is 14.4 Å². The highest BCUT2D eigenvalue weighted by Gasteiger charge is 2.38. The maximum atomic E-state index is 12.9. The highest BCUT2D eigenvalue weighted by atomic mass is 32.1. The van der Waals surface area contributed by atoms with Crippen LogP contribution in [0.5, 0.6) is 5.75 Å². The Morgan fingerprint density at radius 2 is 1.57 bits per heavy atom. The SMILES string of the molecule is O=C1c2ccccc2C(=O)N1CN1C(=O)COc2ccc(-c3csc(Cc4ccccc4)n3)cc21. The van der Waals surface area contributed by atoms with Gasteiger partial charge in [0.25, 0.3) is 17.7 Å². The number of carbonyl (C=O) groups is 3. The summed E-state index contributed by atoms with van der Waals surface area (Å²) in [7, 11) is 0. The molecular formula is C27H19N3O4S. The molecule has 3 heterocycles. The van der Waals surface area contributed by atoms with E-state index < -0.39 is 11.8 Å². The van der Waals surface area contributed by atoms with Crippen LogP contribution in [0.4, 0.5) is 5.69 Å². The number of carbonyl (C=O) groups excluding carboxylic acids is 3. The average Bonchev–Trinajstić information content (AvgIpc) is 3.45. The second kappa shape index (κ2) is 8.48. The Kier molecular flexibility index (Phi) is 5.15. The monoisotopic (exact) mass is 481 g/mol. The van der Waals surface area contributed by atoms with Gasteiger partial charge in [0.2, 0.25) is 0 Å². The molecule has 0 unspecified atom stereocenters. The van der Waals surface area contributed by atoms with E-state index in [1.807, 2.05) is 35.7 Å². The number of rotatable bonds is 5. The number of benzene rings is 3. The molecule has 0 radical (unpaired) electrons. The summed E-state index contributed by atoms with van der Waals surface area (Å²) in [5, 5.41) is 2.97. The number of hydrogen-bond donors (Lipinski definition) is 0. The van der Waals surface area contributed by atoms with Crippen LogP contribution in [0.1, 0.15) is 31.3 Å². The molecule has 172 valence electrons. The molecule has 2 aliphatic rings. The average molecular weight is 482 g/mol. The van der Waals surface area contributed by atoms with Gasteiger partial charge in [-0.1, -0.05) is 42.5 Å². The largest absolute Gasteiger partial charge is 0.482 e. The molecule has 4 aromatic rings. The van der Waals surface area contributed by atoms with Gasteiger partial charge in [0, 0.05) is 17.4 Å². The van der Waals surface area contributed by atoms with Crippen molar-refractivity contribution < 1.29 is 19.1 Å². The van der Waals surface area contributed by atoms with E-state index in [1.165, 1.54) is 10.5 Å². The first-order chi connectivity index (χ1) is 17.1. The number of anilines is 1. The Balaban J connectivity index is 1.29. The van der Waals surface area contributed by atoms with Gasteiger partial charge in [-0.2, -0.15) is 0 Å². The van der Waals surface area contributed by atoms with E-state index in [4.69, 9.17) is 9.72 Å². The molecule has 6 rings (SSSR count). The van der Waals surface area contributed by atoms with Gasteiger partial charge in [0.05, 0.1) is 27.5 Å². The van der Waals surface area contributed by atoms with Crippen molar-refractivity contribution in [2.45, 2.75) is 6.42 Å². The Hall–Kier alpha value is -4.30. The molecule has 0 spiro atoms. The summed E-state index contributed by atoms with van der Waals surface area (Å²) < 4.78 is 5.62. The first-order valence-electron chi connectivity index (χ1n) is 11.1. The summed E-state index contributed by atoms with van der Waals surface area (Å²) in [5.74, 6) is -0.626. The van der Waals surface area contributed by atoms with E-state index in [2.05, 4.69) is 12.1 Å². The fourth-order valence-corrected chi connectivity index (χ4v) is 5.16. The van der Waals surface area contributed by atoms with Crippen LogP contribution < -0.4 is 9.64 Å². The van der Waals surface area contributed by atoms with Crippen molar-refractivity contribution in [3.05, 3.63) is 99.9 Å². The second-order valence-corrected chi connectivity index (χ2v) is 9.25. The molecule has 0 bridgehead atoms. The summed E-state index contributed by atoms with van der Waals surface area (Å²) in [6, 6.07) is 22.3. The third-order valence-corrected chi connectivity index (χ3v) is 6.96. The van der Waals surface area contributed by atoms with Gasteiger partial charge in [0.1, 0.15) is 12.4 Å². The van der Waals surface area contributed by atoms with Crippen molar-refractivity contribution in [1.82, 2.24) is 9.88 Å². The minimum Gasteiger partial charge on any atom is -0.482 e. The highest BCUT2D eigenvalue weighted by Crippen LogP contribution is 2.37. The van der Waals surface area contributed by atoms with Crippen LogP contribution in [0.25, 0.3) is 11.3 Å². The van der Waals surface area contributed by atoms with Gasteiger partial charge in [-0.05, 0) is 35.9 Å². The summed E-state index contributed by atoms with van der Waals surface area (Å²) >= 11 is 1.58. The lowest BCUT2D eigenvalue weighted by Crippen LogP contribution is -2.47. The molecule has 35 heavy (non-hydrogen) atoms. The number of amides is 3. The molecule has 0 saturated carbocycles. The number of hydrogen-bond acceptors (Lipinski definition) is 6. The summed E-state index contributed by atoms with van der Waals surface area (Å²) in [4.78, 5) is 45.9. The van der Waals surface area contributed by atoms with Crippen molar-refractivity contribution in [1.29, 1.82) is 0 Å². The van der Waals surface area contributed by atoms with Crippen molar-refractivity contribution in [2.24, 2.45) is 0 Å². The van der Waals surface area contributed by atoms with Gasteiger partial charge in [-0.25, -0.2) is 4.98 Å². The third-order valence-electron chi connectivity index (χ3n) is 6.11. The van der Waals surface area contributed by atoms with Crippen LogP contribution in [0, 0.1) is 0 Å². The summed E-state index contributed by atoms with van der Waals surface area (Å²) in [6.45, 7) is -0.339. The number of fused-ring (bicyclic) bond motifs is 2. The molecular weight excluding hydrogens is 462 g/mol. The van der Waals surface area contributed by atoms with E-state index in [0.29, 0.717) is 22.6 Å². The van der Waals surface area contributed by atoms with E-state index in [0.717, 1.165) is 27.6 Å². The zero-order valence-corrected chi connectivity index (χ0v) is 19.3. The van der Waals surface area contributed by atoms with Crippen LogP contribution >= 0.6 is 11.3 Å². The molecule has 7 nitrogen and oxygen atoms in total. The van der Waals surface area contributed by atoms with Gasteiger partial charge in [-0.15, -0.1) is 11.3 Å². The maximum Gasteiger partial charge on any atom is 0.266 e. The Morgan fingerprint density at radius 1 is 0.857 bits per heavy atom. The quantitative estimate of drug-likeness (QED) is 0.395. The van der Waals surface area contributed by atoms with Crippen molar-refractivity contribution >= 4 is 34.7 Å². The molecule has 0 fully saturated rings. The molecule has 2 aliphatic heterocycles. The van der Waals surface area contributed by atoms with Gasteiger partial charge in [-0.3, -0.25) is 24.2 Å². The summed E-state index contributed by atoms with van der Waals surface area (Å²) in [5.41, 5.74) is 4.01. The lowest BCUT2D eigenvalue weighted by Gasteiger charge is -2.32. The maximum absolute atomic E-state index is 12.9. The van der Waals surface area contributed by atoms with Crippen LogP contribution in [-0.2, 0) is 11.2 Å². The zero-order valence-electron chi connectivity index (χ0n) is 18.5. The second-order valence-electron chi connectivity index (χ2n) is 8.31. The van der Waals surface area contributed by atoms with Crippen LogP contribution in [0.3, 0.4) is 0 Å². The first kappa shape index (κ1) is 21.2. The van der Waals surface area contributed by atoms with Crippen LogP contribution in [-0.4, -0.2) is 40.9 Å². The Bertz CT molecular complexity index is 1450. The number of nitrogens with zero attached hydrogens (tertiary/aromatic N) is 3. The van der Waals surface area contributed by atoms with Crippen molar-refractivity contribution in [3.8, 4) is 17.0 Å². The van der Waals surface area contributed by atoms with Crippen LogP contribution in [0.15, 0.2) is 78.2 Å². The van der Waals surface area contributed by atoms with Crippen molar-refractivity contribution in [2.75, 3.05) is 18.2 Å². The molecule has 3 amide bonds. The van der Waals surface area contributed by atoms with Gasteiger partial charge >= 0.3 is 0 Å². The van der Waals surface area contributed by atoms with Gasteiger partial charge < -0.3 is 4.74 Å². The zero-order chi connectivity index (χ0) is 23.9. The topological polar surface area (TPSA) is 79.8 Å². The minimum absolute atomic E-state index is 0.159. The Labute approximate surface area is 205 Å². The predicted octanol–water partition coefficient (Wildman–Crippen LogP) is 4.38. The number of imide groups is 1. The van der Waals surface area contributed by atoms with E-state index in [1.54, 1.807) is 41.7 Å². The molecule has 0 atom stereocenters. The summed E-state index contributed by atoms with van der Waals surface area (Å²) in [6.07, 6.45) is 0.740. The molecule has 0 saturated heterocycles. The fourth-order valence-electron chi connectivity index (χ4n) is 4.32. The Morgan fingerprint density at radius 3 is 2.31 bits per heavy atom. The smallest absolute Gasteiger partial charge is 0.266 e. The van der Waals surface area contributed by atoms with Crippen LogP contribution in [0.2, 0.25) is 0 Å². The minimum atomic E-state index is -0.410. The fraction of sp³-hybridized carbons (Fsp3) is 0.111. The van der Waals surface area contributed by atoms with Crippen molar-refractivity contribution in [3.63, 3.8) is 0 Å². The molecule has 8 heteroatoms.